The van der Waals surface area contributed by atoms with Crippen molar-refractivity contribution in [2.75, 3.05) is 18.5 Å². The van der Waals surface area contributed by atoms with E-state index in [4.69, 9.17) is 0 Å². The summed E-state index contributed by atoms with van der Waals surface area (Å²) in [6, 6.07) is 9.43. The van der Waals surface area contributed by atoms with E-state index in [-0.39, 0.29) is 0 Å². The van der Waals surface area contributed by atoms with Gasteiger partial charge >= 0.3 is 0 Å². The van der Waals surface area contributed by atoms with Crippen molar-refractivity contribution in [3.8, 4) is 0 Å². The summed E-state index contributed by atoms with van der Waals surface area (Å²) in [5.41, 5.74) is 2.66. The smallest absolute Gasteiger partial charge is 0.0368 e. The van der Waals surface area contributed by atoms with Gasteiger partial charge in [-0.25, -0.2) is 0 Å². The molecule has 17 heavy (non-hydrogen) atoms. The number of anilines is 1. The molecule has 2 nitrogen and oxygen atoms in total. The molecule has 0 heterocycles. The summed E-state index contributed by atoms with van der Waals surface area (Å²) >= 11 is 0. The Hall–Kier alpha value is -1.02. The predicted molar refractivity (Wildman–Crippen MR) is 76.5 cm³/mol. The van der Waals surface area contributed by atoms with Crippen LogP contribution in [0.2, 0.25) is 0 Å². The van der Waals surface area contributed by atoms with Gasteiger partial charge in [0.05, 0.1) is 0 Å². The molecule has 0 aliphatic rings. The highest BCUT2D eigenvalue weighted by Gasteiger charge is 2.11. The van der Waals surface area contributed by atoms with Gasteiger partial charge in [0.2, 0.25) is 0 Å². The van der Waals surface area contributed by atoms with Crippen molar-refractivity contribution in [1.82, 2.24) is 5.32 Å². The second kappa shape index (κ2) is 6.65. The number of nitrogens with zero attached hydrogens (tertiary/aromatic N) is 1. The number of hydrogen-bond donors (Lipinski definition) is 1. The average Bonchev–Trinajstić information content (AvgIpc) is 2.27. The SMILES string of the molecule is CNCc1ccc(N(CC(C)C)C(C)C)cc1. The van der Waals surface area contributed by atoms with Crippen LogP contribution in [0.1, 0.15) is 33.3 Å². The number of hydrogen-bond acceptors (Lipinski definition) is 2. The van der Waals surface area contributed by atoms with Crippen LogP contribution in [0.15, 0.2) is 24.3 Å². The van der Waals surface area contributed by atoms with Gasteiger partial charge in [-0.05, 0) is 44.5 Å². The Morgan fingerprint density at radius 1 is 1.06 bits per heavy atom. The van der Waals surface area contributed by atoms with E-state index in [1.165, 1.54) is 11.3 Å². The van der Waals surface area contributed by atoms with Gasteiger partial charge < -0.3 is 10.2 Å². The van der Waals surface area contributed by atoms with E-state index < -0.39 is 0 Å². The molecule has 0 atom stereocenters. The molecule has 0 fully saturated rings. The average molecular weight is 234 g/mol. The fourth-order valence-electron chi connectivity index (χ4n) is 2.02. The Morgan fingerprint density at radius 2 is 1.65 bits per heavy atom. The normalized spacial score (nSPS) is 11.2. The third-order valence-electron chi connectivity index (χ3n) is 2.83. The zero-order valence-electron chi connectivity index (χ0n) is 11.8. The lowest BCUT2D eigenvalue weighted by Crippen LogP contribution is -2.34. The minimum absolute atomic E-state index is 0.549. The van der Waals surface area contributed by atoms with Crippen LogP contribution in [0.3, 0.4) is 0 Å². The Kier molecular flexibility index (Phi) is 5.49. The molecule has 1 aromatic carbocycles. The highest BCUT2D eigenvalue weighted by atomic mass is 15.1. The molecule has 0 aromatic heterocycles. The number of nitrogens with one attached hydrogen (secondary N) is 1. The molecule has 0 unspecified atom stereocenters. The van der Waals surface area contributed by atoms with Gasteiger partial charge in [0.15, 0.2) is 0 Å². The highest BCUT2D eigenvalue weighted by Crippen LogP contribution is 2.19. The molecule has 0 saturated heterocycles. The van der Waals surface area contributed by atoms with Gasteiger partial charge in [0.1, 0.15) is 0 Å². The monoisotopic (exact) mass is 234 g/mol. The van der Waals surface area contributed by atoms with Crippen LogP contribution >= 0.6 is 0 Å². The Morgan fingerprint density at radius 3 is 2.06 bits per heavy atom. The fraction of sp³-hybridized carbons (Fsp3) is 0.600. The van der Waals surface area contributed by atoms with E-state index in [0.29, 0.717) is 12.0 Å². The second-order valence-electron chi connectivity index (χ2n) is 5.34. The van der Waals surface area contributed by atoms with Crippen molar-refractivity contribution in [1.29, 1.82) is 0 Å². The Labute approximate surface area is 106 Å². The first-order valence-corrected chi connectivity index (χ1v) is 6.54. The second-order valence-corrected chi connectivity index (χ2v) is 5.34. The van der Waals surface area contributed by atoms with Crippen molar-refractivity contribution in [3.05, 3.63) is 29.8 Å². The van der Waals surface area contributed by atoms with Crippen molar-refractivity contribution in [2.45, 2.75) is 40.3 Å². The van der Waals surface area contributed by atoms with Gasteiger partial charge in [-0.3, -0.25) is 0 Å². The topological polar surface area (TPSA) is 15.3 Å². The molecular weight excluding hydrogens is 208 g/mol. The Bertz CT molecular complexity index is 314. The predicted octanol–water partition coefficient (Wildman–Crippen LogP) is 3.28. The molecule has 0 radical (unpaired) electrons. The molecule has 0 aliphatic carbocycles. The van der Waals surface area contributed by atoms with Crippen molar-refractivity contribution in [3.63, 3.8) is 0 Å². The standard InChI is InChI=1S/C15H26N2/c1-12(2)11-17(13(3)4)15-8-6-14(7-9-15)10-16-5/h6-9,12-13,16H,10-11H2,1-5H3. The fourth-order valence-corrected chi connectivity index (χ4v) is 2.02. The van der Waals surface area contributed by atoms with Crippen LogP contribution in [0, 0.1) is 5.92 Å². The number of rotatable bonds is 6. The lowest BCUT2D eigenvalue weighted by Gasteiger charge is -2.31. The van der Waals surface area contributed by atoms with Crippen molar-refractivity contribution < 1.29 is 0 Å². The summed E-state index contributed by atoms with van der Waals surface area (Å²) in [4.78, 5) is 2.47. The van der Waals surface area contributed by atoms with Crippen LogP contribution < -0.4 is 10.2 Å². The van der Waals surface area contributed by atoms with Gasteiger partial charge in [-0.15, -0.1) is 0 Å². The number of benzene rings is 1. The summed E-state index contributed by atoms with van der Waals surface area (Å²) in [5, 5.41) is 3.17. The maximum Gasteiger partial charge on any atom is 0.0368 e. The summed E-state index contributed by atoms with van der Waals surface area (Å²) in [5.74, 6) is 0.689. The first-order valence-electron chi connectivity index (χ1n) is 6.54. The quantitative estimate of drug-likeness (QED) is 0.812. The first-order chi connectivity index (χ1) is 8.04. The molecule has 0 amide bonds. The molecule has 1 aromatic rings. The molecule has 0 spiro atoms. The molecule has 0 saturated carbocycles. The molecule has 1 rings (SSSR count). The summed E-state index contributed by atoms with van der Waals surface area (Å²) in [6.45, 7) is 11.1. The van der Waals surface area contributed by atoms with E-state index in [0.717, 1.165) is 13.1 Å². The summed E-state index contributed by atoms with van der Waals surface area (Å²) in [7, 11) is 1.98. The van der Waals surface area contributed by atoms with E-state index in [1.54, 1.807) is 0 Å². The molecule has 2 heteroatoms. The summed E-state index contributed by atoms with van der Waals surface area (Å²) in [6.07, 6.45) is 0. The van der Waals surface area contributed by atoms with Gasteiger partial charge in [0, 0.05) is 24.8 Å². The third-order valence-corrected chi connectivity index (χ3v) is 2.83. The molecular formula is C15H26N2. The van der Waals surface area contributed by atoms with Crippen LogP contribution in [-0.4, -0.2) is 19.6 Å². The van der Waals surface area contributed by atoms with Gasteiger partial charge in [-0.2, -0.15) is 0 Å². The van der Waals surface area contributed by atoms with E-state index >= 15 is 0 Å². The van der Waals surface area contributed by atoms with E-state index in [2.05, 4.69) is 62.2 Å². The molecule has 0 bridgehead atoms. The van der Waals surface area contributed by atoms with Crippen LogP contribution in [0.5, 0.6) is 0 Å². The van der Waals surface area contributed by atoms with Crippen molar-refractivity contribution in [2.24, 2.45) is 5.92 Å². The highest BCUT2D eigenvalue weighted by molar-refractivity contribution is 5.48. The van der Waals surface area contributed by atoms with E-state index in [9.17, 15) is 0 Å². The lowest BCUT2D eigenvalue weighted by atomic mass is 10.1. The van der Waals surface area contributed by atoms with E-state index in [1.807, 2.05) is 7.05 Å². The molecule has 1 N–H and O–H groups in total. The zero-order valence-corrected chi connectivity index (χ0v) is 11.8. The Balaban J connectivity index is 2.80. The molecule has 0 aliphatic heterocycles. The molecule has 96 valence electrons. The van der Waals surface area contributed by atoms with Crippen LogP contribution in [0.25, 0.3) is 0 Å². The maximum atomic E-state index is 3.17. The minimum atomic E-state index is 0.549. The lowest BCUT2D eigenvalue weighted by molar-refractivity contribution is 0.571. The van der Waals surface area contributed by atoms with Crippen molar-refractivity contribution >= 4 is 5.69 Å². The van der Waals surface area contributed by atoms with Crippen LogP contribution in [0.4, 0.5) is 5.69 Å². The largest absolute Gasteiger partial charge is 0.369 e. The first kappa shape index (κ1) is 14.0. The van der Waals surface area contributed by atoms with Crippen LogP contribution in [-0.2, 0) is 6.54 Å². The minimum Gasteiger partial charge on any atom is -0.369 e. The zero-order chi connectivity index (χ0) is 12.8. The maximum absolute atomic E-state index is 3.17. The van der Waals surface area contributed by atoms with Gasteiger partial charge in [-0.1, -0.05) is 26.0 Å². The third kappa shape index (κ3) is 4.39. The summed E-state index contributed by atoms with van der Waals surface area (Å²) < 4.78 is 0. The van der Waals surface area contributed by atoms with Gasteiger partial charge in [0.25, 0.3) is 0 Å².